The molecule has 0 heterocycles. The van der Waals surface area contributed by atoms with Crippen molar-refractivity contribution in [2.45, 2.75) is 19.8 Å². The number of amides is 2. The standard InChI is InChI=1S/C18H19FN2O2/c1-13-2-8-16(9-3-13)21-18(23)12-17(22)20-11-10-14-4-6-15(19)7-5-14/h2-9H,10-12H2,1H3,(H,20,22)(H,21,23). The van der Waals surface area contributed by atoms with E-state index in [0.717, 1.165) is 11.1 Å². The molecular weight excluding hydrogens is 295 g/mol. The molecule has 0 unspecified atom stereocenters. The van der Waals surface area contributed by atoms with E-state index in [9.17, 15) is 14.0 Å². The van der Waals surface area contributed by atoms with Gasteiger partial charge in [0.25, 0.3) is 0 Å². The zero-order chi connectivity index (χ0) is 16.7. The van der Waals surface area contributed by atoms with Crippen molar-refractivity contribution in [2.24, 2.45) is 0 Å². The van der Waals surface area contributed by atoms with Crippen molar-refractivity contribution in [3.8, 4) is 0 Å². The third-order valence-corrected chi connectivity index (χ3v) is 3.31. The normalized spacial score (nSPS) is 10.2. The fourth-order valence-corrected chi connectivity index (χ4v) is 2.05. The Labute approximate surface area is 134 Å². The van der Waals surface area contributed by atoms with Crippen LogP contribution in [0.2, 0.25) is 0 Å². The predicted molar refractivity (Wildman–Crippen MR) is 87.5 cm³/mol. The molecule has 0 aliphatic heterocycles. The van der Waals surface area contributed by atoms with Crippen molar-refractivity contribution >= 4 is 17.5 Å². The van der Waals surface area contributed by atoms with Gasteiger partial charge in [0.15, 0.2) is 0 Å². The molecular formula is C18H19FN2O2. The number of hydrogen-bond acceptors (Lipinski definition) is 2. The molecule has 2 rings (SSSR count). The maximum atomic E-state index is 12.8. The number of nitrogens with one attached hydrogen (secondary N) is 2. The quantitative estimate of drug-likeness (QED) is 0.806. The third-order valence-electron chi connectivity index (χ3n) is 3.31. The molecule has 0 spiro atoms. The van der Waals surface area contributed by atoms with E-state index in [4.69, 9.17) is 0 Å². The number of benzene rings is 2. The summed E-state index contributed by atoms with van der Waals surface area (Å²) >= 11 is 0. The maximum absolute atomic E-state index is 12.8. The van der Waals surface area contributed by atoms with E-state index in [0.29, 0.717) is 18.7 Å². The van der Waals surface area contributed by atoms with E-state index in [1.807, 2.05) is 19.1 Å². The lowest BCUT2D eigenvalue weighted by atomic mass is 10.1. The molecule has 2 amide bonds. The minimum atomic E-state index is -0.354. The second-order valence-corrected chi connectivity index (χ2v) is 5.32. The molecule has 0 radical (unpaired) electrons. The first-order valence-electron chi connectivity index (χ1n) is 7.40. The molecule has 0 saturated heterocycles. The summed E-state index contributed by atoms with van der Waals surface area (Å²) in [5, 5.41) is 5.35. The number of aryl methyl sites for hydroxylation is 1. The molecule has 0 aliphatic carbocycles. The molecule has 2 aromatic carbocycles. The first-order valence-corrected chi connectivity index (χ1v) is 7.40. The van der Waals surface area contributed by atoms with Crippen LogP contribution in [0.15, 0.2) is 48.5 Å². The second kappa shape index (κ2) is 8.08. The third kappa shape index (κ3) is 5.90. The number of anilines is 1. The van der Waals surface area contributed by atoms with Crippen molar-refractivity contribution in [1.29, 1.82) is 0 Å². The van der Waals surface area contributed by atoms with Gasteiger partial charge in [-0.25, -0.2) is 4.39 Å². The van der Waals surface area contributed by atoms with Crippen molar-refractivity contribution < 1.29 is 14.0 Å². The van der Waals surface area contributed by atoms with Gasteiger partial charge in [-0.3, -0.25) is 9.59 Å². The topological polar surface area (TPSA) is 58.2 Å². The summed E-state index contributed by atoms with van der Waals surface area (Å²) < 4.78 is 12.8. The van der Waals surface area contributed by atoms with Crippen LogP contribution in [-0.2, 0) is 16.0 Å². The minimum absolute atomic E-state index is 0.225. The van der Waals surface area contributed by atoms with Gasteiger partial charge >= 0.3 is 0 Å². The first kappa shape index (κ1) is 16.7. The highest BCUT2D eigenvalue weighted by atomic mass is 19.1. The van der Waals surface area contributed by atoms with Crippen molar-refractivity contribution in [1.82, 2.24) is 5.32 Å². The molecule has 0 bridgehead atoms. The lowest BCUT2D eigenvalue weighted by molar-refractivity contribution is -0.126. The Bertz CT molecular complexity index is 666. The molecule has 0 saturated carbocycles. The molecule has 0 aromatic heterocycles. The van der Waals surface area contributed by atoms with Gasteiger partial charge < -0.3 is 10.6 Å². The Morgan fingerprint density at radius 1 is 0.957 bits per heavy atom. The van der Waals surface area contributed by atoms with Crippen LogP contribution in [-0.4, -0.2) is 18.4 Å². The molecule has 23 heavy (non-hydrogen) atoms. The molecule has 5 heteroatoms. The van der Waals surface area contributed by atoms with Crippen molar-refractivity contribution in [3.63, 3.8) is 0 Å². The molecule has 120 valence electrons. The van der Waals surface area contributed by atoms with Crippen LogP contribution < -0.4 is 10.6 Å². The van der Waals surface area contributed by atoms with E-state index in [1.165, 1.54) is 12.1 Å². The van der Waals surface area contributed by atoms with E-state index in [-0.39, 0.29) is 24.1 Å². The second-order valence-electron chi connectivity index (χ2n) is 5.32. The van der Waals surface area contributed by atoms with Gasteiger partial charge in [-0.05, 0) is 43.2 Å². The average Bonchev–Trinajstić information content (AvgIpc) is 2.51. The van der Waals surface area contributed by atoms with Gasteiger partial charge in [0.05, 0.1) is 0 Å². The highest BCUT2D eigenvalue weighted by Gasteiger charge is 2.09. The summed E-state index contributed by atoms with van der Waals surface area (Å²) in [6.07, 6.45) is 0.364. The predicted octanol–water partition coefficient (Wildman–Crippen LogP) is 2.82. The molecule has 0 fully saturated rings. The summed E-state index contributed by atoms with van der Waals surface area (Å²) in [5.74, 6) is -0.976. The van der Waals surface area contributed by atoms with Crippen molar-refractivity contribution in [3.05, 3.63) is 65.5 Å². The average molecular weight is 314 g/mol. The summed E-state index contributed by atoms with van der Waals surface area (Å²) in [6, 6.07) is 13.5. The lowest BCUT2D eigenvalue weighted by Crippen LogP contribution is -2.29. The monoisotopic (exact) mass is 314 g/mol. The largest absolute Gasteiger partial charge is 0.355 e. The maximum Gasteiger partial charge on any atom is 0.233 e. The van der Waals surface area contributed by atoms with Crippen LogP contribution in [0.4, 0.5) is 10.1 Å². The minimum Gasteiger partial charge on any atom is -0.355 e. The summed E-state index contributed by atoms with van der Waals surface area (Å²) in [6.45, 7) is 2.36. The fraction of sp³-hybridized carbons (Fsp3) is 0.222. The molecule has 4 nitrogen and oxygen atoms in total. The molecule has 0 atom stereocenters. The number of halogens is 1. The van der Waals surface area contributed by atoms with Crippen LogP contribution in [0.3, 0.4) is 0 Å². The summed E-state index contributed by atoms with van der Waals surface area (Å²) in [4.78, 5) is 23.5. The van der Waals surface area contributed by atoms with Gasteiger partial charge in [0, 0.05) is 12.2 Å². The smallest absolute Gasteiger partial charge is 0.233 e. The Balaban J connectivity index is 1.70. The summed E-state index contributed by atoms with van der Waals surface area (Å²) in [5.41, 5.74) is 2.69. The van der Waals surface area contributed by atoms with Crippen LogP contribution in [0.25, 0.3) is 0 Å². The molecule has 2 N–H and O–H groups in total. The van der Waals surface area contributed by atoms with Crippen LogP contribution >= 0.6 is 0 Å². The Hall–Kier alpha value is -2.69. The van der Waals surface area contributed by atoms with Gasteiger partial charge in [0.1, 0.15) is 12.2 Å². The van der Waals surface area contributed by atoms with Crippen LogP contribution in [0.1, 0.15) is 17.5 Å². The number of hydrogen-bond donors (Lipinski definition) is 2. The van der Waals surface area contributed by atoms with Crippen LogP contribution in [0.5, 0.6) is 0 Å². The zero-order valence-corrected chi connectivity index (χ0v) is 12.9. The highest BCUT2D eigenvalue weighted by Crippen LogP contribution is 2.08. The zero-order valence-electron chi connectivity index (χ0n) is 12.9. The van der Waals surface area contributed by atoms with E-state index in [2.05, 4.69) is 10.6 Å². The Morgan fingerprint density at radius 3 is 2.26 bits per heavy atom. The van der Waals surface area contributed by atoms with Gasteiger partial charge in [-0.15, -0.1) is 0 Å². The van der Waals surface area contributed by atoms with Gasteiger partial charge in [-0.2, -0.15) is 0 Å². The number of carbonyl (C=O) groups excluding carboxylic acids is 2. The fourth-order valence-electron chi connectivity index (χ4n) is 2.05. The van der Waals surface area contributed by atoms with Crippen LogP contribution in [0, 0.1) is 12.7 Å². The lowest BCUT2D eigenvalue weighted by Gasteiger charge is -2.07. The summed E-state index contributed by atoms with van der Waals surface area (Å²) in [7, 11) is 0. The Morgan fingerprint density at radius 2 is 1.61 bits per heavy atom. The van der Waals surface area contributed by atoms with E-state index >= 15 is 0 Å². The van der Waals surface area contributed by atoms with Crippen molar-refractivity contribution in [2.75, 3.05) is 11.9 Å². The SMILES string of the molecule is Cc1ccc(NC(=O)CC(=O)NCCc2ccc(F)cc2)cc1. The van der Waals surface area contributed by atoms with Gasteiger partial charge in [0.2, 0.25) is 11.8 Å². The molecule has 0 aliphatic rings. The number of carbonyl (C=O) groups is 2. The number of rotatable bonds is 6. The van der Waals surface area contributed by atoms with Gasteiger partial charge in [-0.1, -0.05) is 29.8 Å². The van der Waals surface area contributed by atoms with E-state index in [1.54, 1.807) is 24.3 Å². The van der Waals surface area contributed by atoms with E-state index < -0.39 is 0 Å². The highest BCUT2D eigenvalue weighted by molar-refractivity contribution is 6.03. The first-order chi connectivity index (χ1) is 11.0. The Kier molecular flexibility index (Phi) is 5.86. The molecule has 2 aromatic rings.